The molecule has 0 aromatic heterocycles. The van der Waals surface area contributed by atoms with Crippen molar-refractivity contribution in [1.29, 1.82) is 0 Å². The number of ether oxygens (including phenoxy) is 3. The lowest BCUT2D eigenvalue weighted by Crippen LogP contribution is -2.42. The molecule has 0 unspecified atom stereocenters. The van der Waals surface area contributed by atoms with Gasteiger partial charge in [-0.1, -0.05) is 30.3 Å². The standard InChI is InChI=1S/C20H25NO3/c1-22-12-10-20-16-21(11-13-23-20)15-17-6-5-9-19(14-17)24-18-7-3-2-4-8-18/h2-9,14,20H,10-13,15-16H2,1H3/t20-/m1/s1. The van der Waals surface area contributed by atoms with Crippen LogP contribution in [0.4, 0.5) is 0 Å². The van der Waals surface area contributed by atoms with Crippen molar-refractivity contribution in [2.75, 3.05) is 33.4 Å². The van der Waals surface area contributed by atoms with Crippen molar-refractivity contribution in [3.05, 3.63) is 60.2 Å². The van der Waals surface area contributed by atoms with Crippen LogP contribution in [0.25, 0.3) is 0 Å². The van der Waals surface area contributed by atoms with Crippen molar-refractivity contribution in [3.8, 4) is 11.5 Å². The van der Waals surface area contributed by atoms with E-state index in [1.54, 1.807) is 7.11 Å². The first kappa shape index (κ1) is 17.0. The molecular weight excluding hydrogens is 302 g/mol. The number of para-hydroxylation sites is 1. The highest BCUT2D eigenvalue weighted by atomic mass is 16.5. The third-order valence-corrected chi connectivity index (χ3v) is 4.15. The highest BCUT2D eigenvalue weighted by molar-refractivity contribution is 5.33. The van der Waals surface area contributed by atoms with Gasteiger partial charge in [0.05, 0.1) is 12.7 Å². The van der Waals surface area contributed by atoms with Crippen molar-refractivity contribution < 1.29 is 14.2 Å². The molecule has 0 aliphatic carbocycles. The Morgan fingerprint density at radius 1 is 1.08 bits per heavy atom. The predicted molar refractivity (Wildman–Crippen MR) is 94.5 cm³/mol. The maximum atomic E-state index is 5.92. The average Bonchev–Trinajstić information content (AvgIpc) is 2.61. The molecule has 1 heterocycles. The Bertz CT molecular complexity index is 617. The summed E-state index contributed by atoms with van der Waals surface area (Å²) in [6.45, 7) is 4.37. The molecule has 0 spiro atoms. The lowest BCUT2D eigenvalue weighted by atomic mass is 10.1. The Morgan fingerprint density at radius 2 is 1.92 bits per heavy atom. The minimum Gasteiger partial charge on any atom is -0.457 e. The fraction of sp³-hybridized carbons (Fsp3) is 0.400. The van der Waals surface area contributed by atoms with E-state index in [9.17, 15) is 0 Å². The number of morpholine rings is 1. The van der Waals surface area contributed by atoms with Crippen LogP contribution < -0.4 is 4.74 Å². The first-order chi connectivity index (χ1) is 11.8. The third-order valence-electron chi connectivity index (χ3n) is 4.15. The summed E-state index contributed by atoms with van der Waals surface area (Å²) in [5.41, 5.74) is 1.26. The van der Waals surface area contributed by atoms with Gasteiger partial charge in [-0.15, -0.1) is 0 Å². The van der Waals surface area contributed by atoms with Crippen molar-refractivity contribution in [2.45, 2.75) is 19.1 Å². The van der Waals surface area contributed by atoms with E-state index in [1.807, 2.05) is 36.4 Å². The second kappa shape index (κ2) is 8.83. The van der Waals surface area contributed by atoms with Gasteiger partial charge in [0, 0.05) is 33.4 Å². The van der Waals surface area contributed by atoms with E-state index in [1.165, 1.54) is 5.56 Å². The van der Waals surface area contributed by atoms with E-state index in [2.05, 4.69) is 23.1 Å². The molecule has 1 atom stereocenters. The van der Waals surface area contributed by atoms with Crippen LogP contribution in [0, 0.1) is 0 Å². The molecule has 0 radical (unpaired) electrons. The first-order valence-electron chi connectivity index (χ1n) is 8.48. The molecule has 3 rings (SSSR count). The molecule has 0 saturated carbocycles. The Labute approximate surface area is 144 Å². The highest BCUT2D eigenvalue weighted by Crippen LogP contribution is 2.23. The molecule has 2 aromatic carbocycles. The molecule has 0 bridgehead atoms. The Hall–Kier alpha value is -1.88. The van der Waals surface area contributed by atoms with E-state index in [0.29, 0.717) is 0 Å². The molecule has 0 amide bonds. The quantitative estimate of drug-likeness (QED) is 0.775. The molecule has 4 heteroatoms. The summed E-state index contributed by atoms with van der Waals surface area (Å²) in [4.78, 5) is 2.44. The normalized spacial score (nSPS) is 18.5. The van der Waals surface area contributed by atoms with Gasteiger partial charge in [-0.3, -0.25) is 4.90 Å². The molecule has 4 nitrogen and oxygen atoms in total. The van der Waals surface area contributed by atoms with Crippen molar-refractivity contribution in [1.82, 2.24) is 4.90 Å². The fourth-order valence-electron chi connectivity index (χ4n) is 2.94. The van der Waals surface area contributed by atoms with Crippen LogP contribution in [0.3, 0.4) is 0 Å². The van der Waals surface area contributed by atoms with E-state index < -0.39 is 0 Å². The van der Waals surface area contributed by atoms with E-state index in [0.717, 1.165) is 50.8 Å². The van der Waals surface area contributed by atoms with Gasteiger partial charge >= 0.3 is 0 Å². The van der Waals surface area contributed by atoms with Crippen molar-refractivity contribution >= 4 is 0 Å². The summed E-state index contributed by atoms with van der Waals surface area (Å²) < 4.78 is 16.9. The topological polar surface area (TPSA) is 30.9 Å². The number of rotatable bonds is 7. The minimum atomic E-state index is 0.266. The van der Waals surface area contributed by atoms with Crippen LogP contribution in [-0.4, -0.2) is 44.4 Å². The summed E-state index contributed by atoms with van der Waals surface area (Å²) in [7, 11) is 1.73. The number of hydrogen-bond donors (Lipinski definition) is 0. The molecule has 1 saturated heterocycles. The average molecular weight is 327 g/mol. The fourth-order valence-corrected chi connectivity index (χ4v) is 2.94. The van der Waals surface area contributed by atoms with Gasteiger partial charge in [-0.05, 0) is 36.2 Å². The van der Waals surface area contributed by atoms with E-state index in [-0.39, 0.29) is 6.10 Å². The number of benzene rings is 2. The summed E-state index contributed by atoms with van der Waals surface area (Å²) in [6.07, 6.45) is 1.21. The zero-order valence-corrected chi connectivity index (χ0v) is 14.2. The van der Waals surface area contributed by atoms with Crippen LogP contribution >= 0.6 is 0 Å². The van der Waals surface area contributed by atoms with Gasteiger partial charge in [-0.2, -0.15) is 0 Å². The van der Waals surface area contributed by atoms with Crippen LogP contribution in [0.1, 0.15) is 12.0 Å². The smallest absolute Gasteiger partial charge is 0.127 e. The van der Waals surface area contributed by atoms with Crippen LogP contribution in [-0.2, 0) is 16.0 Å². The van der Waals surface area contributed by atoms with Gasteiger partial charge in [0.15, 0.2) is 0 Å². The lowest BCUT2D eigenvalue weighted by molar-refractivity contribution is -0.0432. The summed E-state index contributed by atoms with van der Waals surface area (Å²) in [5.74, 6) is 1.74. The summed E-state index contributed by atoms with van der Waals surface area (Å²) in [6, 6.07) is 18.2. The van der Waals surface area contributed by atoms with Gasteiger partial charge in [-0.25, -0.2) is 0 Å². The third kappa shape index (κ3) is 5.06. The molecule has 24 heavy (non-hydrogen) atoms. The minimum absolute atomic E-state index is 0.266. The monoisotopic (exact) mass is 327 g/mol. The zero-order valence-electron chi connectivity index (χ0n) is 14.2. The van der Waals surface area contributed by atoms with E-state index in [4.69, 9.17) is 14.2 Å². The van der Waals surface area contributed by atoms with Crippen LogP contribution in [0.15, 0.2) is 54.6 Å². The maximum Gasteiger partial charge on any atom is 0.127 e. The van der Waals surface area contributed by atoms with Crippen LogP contribution in [0.5, 0.6) is 11.5 Å². The SMILES string of the molecule is COCC[C@@H]1CN(Cc2cccc(Oc3ccccc3)c2)CCO1. The van der Waals surface area contributed by atoms with Crippen LogP contribution in [0.2, 0.25) is 0 Å². The molecule has 1 aliphatic heterocycles. The zero-order chi connectivity index (χ0) is 16.6. The molecule has 1 fully saturated rings. The Balaban J connectivity index is 1.58. The maximum absolute atomic E-state index is 5.92. The first-order valence-corrected chi connectivity index (χ1v) is 8.48. The number of hydrogen-bond acceptors (Lipinski definition) is 4. The molecule has 128 valence electrons. The Kier molecular flexibility index (Phi) is 6.24. The van der Waals surface area contributed by atoms with Crippen molar-refractivity contribution in [2.24, 2.45) is 0 Å². The lowest BCUT2D eigenvalue weighted by Gasteiger charge is -2.33. The van der Waals surface area contributed by atoms with Crippen molar-refractivity contribution in [3.63, 3.8) is 0 Å². The van der Waals surface area contributed by atoms with Gasteiger partial charge in [0.25, 0.3) is 0 Å². The molecule has 2 aromatic rings. The summed E-state index contributed by atoms with van der Waals surface area (Å²) in [5, 5.41) is 0. The van der Waals surface area contributed by atoms with E-state index >= 15 is 0 Å². The Morgan fingerprint density at radius 3 is 2.75 bits per heavy atom. The largest absolute Gasteiger partial charge is 0.457 e. The van der Waals surface area contributed by atoms with Gasteiger partial charge in [0.1, 0.15) is 11.5 Å². The summed E-state index contributed by atoms with van der Waals surface area (Å²) >= 11 is 0. The molecular formula is C20H25NO3. The second-order valence-corrected chi connectivity index (χ2v) is 6.07. The number of nitrogens with zero attached hydrogens (tertiary/aromatic N) is 1. The predicted octanol–water partition coefficient (Wildman–Crippen LogP) is 3.72. The van der Waals surface area contributed by atoms with Gasteiger partial charge < -0.3 is 14.2 Å². The molecule has 0 N–H and O–H groups in total. The second-order valence-electron chi connectivity index (χ2n) is 6.07. The molecule has 1 aliphatic rings. The highest BCUT2D eigenvalue weighted by Gasteiger charge is 2.20. The number of methoxy groups -OCH3 is 1. The van der Waals surface area contributed by atoms with Gasteiger partial charge in [0.2, 0.25) is 0 Å².